The quantitative estimate of drug-likeness (QED) is 0.465. The van der Waals surface area contributed by atoms with Crippen LogP contribution in [0.3, 0.4) is 0 Å². The van der Waals surface area contributed by atoms with Crippen LogP contribution in [0.25, 0.3) is 0 Å². The van der Waals surface area contributed by atoms with E-state index in [0.717, 1.165) is 6.42 Å². The van der Waals surface area contributed by atoms with E-state index in [2.05, 4.69) is 34.6 Å². The summed E-state index contributed by atoms with van der Waals surface area (Å²) in [6.45, 7) is 12.5. The summed E-state index contributed by atoms with van der Waals surface area (Å²) < 4.78 is 5.93. The van der Waals surface area contributed by atoms with Crippen LogP contribution in [0, 0.1) is 6.92 Å². The molecule has 0 aliphatic heterocycles. The minimum atomic E-state index is -0.900. The first kappa shape index (κ1) is 19.8. The van der Waals surface area contributed by atoms with Crippen LogP contribution in [-0.4, -0.2) is 37.7 Å². The van der Waals surface area contributed by atoms with Crippen LogP contribution in [-0.2, 0) is 4.43 Å². The van der Waals surface area contributed by atoms with Gasteiger partial charge in [-0.2, -0.15) is 6.42 Å². The molecule has 1 atom stereocenters. The number of halogens is 1. The monoisotopic (exact) mass is 232 g/mol. The Morgan fingerprint density at radius 3 is 2.00 bits per heavy atom. The molecule has 76 valence electrons. The Bertz CT molecular complexity index is 106. The van der Waals surface area contributed by atoms with Gasteiger partial charge in [0.05, 0.1) is 0 Å². The Balaban J connectivity index is -0.000000500. The van der Waals surface area contributed by atoms with E-state index in [9.17, 15) is 0 Å². The van der Waals surface area contributed by atoms with Crippen LogP contribution < -0.4 is 12.4 Å². The molecule has 0 aliphatic rings. The zero-order chi connectivity index (χ0) is 8.91. The number of hydrogen-bond acceptors (Lipinski definition) is 1. The van der Waals surface area contributed by atoms with Crippen LogP contribution in [0.5, 0.6) is 0 Å². The molecule has 0 bridgehead atoms. The van der Waals surface area contributed by atoms with Gasteiger partial charge in [0.2, 0.25) is 0 Å². The van der Waals surface area contributed by atoms with Gasteiger partial charge in [-0.1, -0.05) is 13.0 Å². The van der Waals surface area contributed by atoms with Gasteiger partial charge in [0.25, 0.3) is 0 Å². The van der Waals surface area contributed by atoms with Crippen molar-refractivity contribution in [2.24, 2.45) is 0 Å². The number of hydrogen-bond donors (Lipinski definition) is 0. The van der Waals surface area contributed by atoms with Crippen LogP contribution in [0.1, 0.15) is 34.1 Å². The Hall–Kier alpha value is 1.23. The average molecular weight is 233 g/mol. The van der Waals surface area contributed by atoms with E-state index in [4.69, 9.17) is 4.43 Å². The molecule has 0 aromatic heterocycles. The third-order valence-electron chi connectivity index (χ3n) is 1.50. The van der Waals surface area contributed by atoms with Crippen LogP contribution in [0.4, 0.5) is 0 Å². The molecule has 0 fully saturated rings. The van der Waals surface area contributed by atoms with Crippen molar-refractivity contribution in [1.29, 1.82) is 0 Å². The van der Waals surface area contributed by atoms with Crippen molar-refractivity contribution in [3.05, 3.63) is 6.92 Å². The van der Waals surface area contributed by atoms with Crippen molar-refractivity contribution in [2.45, 2.75) is 51.8 Å². The molecule has 0 heterocycles. The zero-order valence-electron chi connectivity index (χ0n) is 9.40. The molecule has 0 spiro atoms. The molecule has 0 aliphatic carbocycles. The van der Waals surface area contributed by atoms with E-state index in [1.807, 2.05) is 0 Å². The molecule has 1 unspecified atom stereocenters. The van der Waals surface area contributed by atoms with E-state index >= 15 is 0 Å². The molecule has 0 saturated heterocycles. The van der Waals surface area contributed by atoms with Crippen molar-refractivity contribution in [1.82, 2.24) is 0 Å². The topological polar surface area (TPSA) is 9.23 Å². The molecule has 4 heteroatoms. The predicted octanol–water partition coefficient (Wildman–Crippen LogP) is -0.607. The first-order chi connectivity index (χ1) is 4.99. The first-order valence-electron chi connectivity index (χ1n) is 4.46. The van der Waals surface area contributed by atoms with Crippen molar-refractivity contribution in [2.75, 3.05) is 0 Å². The summed E-state index contributed by atoms with van der Waals surface area (Å²) in [5, 5.41) is 0. The Kier molecular flexibility index (Phi) is 14.9. The molecule has 0 aromatic carbocycles. The normalized spacial score (nSPS) is 12.7. The Morgan fingerprint density at radius 2 is 1.77 bits per heavy atom. The van der Waals surface area contributed by atoms with E-state index in [1.54, 1.807) is 0 Å². The Morgan fingerprint density at radius 1 is 1.31 bits per heavy atom. The molecule has 0 N–H and O–H groups in total. The van der Waals surface area contributed by atoms with Gasteiger partial charge in [0.1, 0.15) is 0 Å². The fraction of sp³-hybridized carbons (Fsp3) is 0.889. The standard InChI is InChI=1S/C9H21OSi.ClH.Mg/c1-6-8-11(7-2)10-9(3,4)5;;/h11H,1,6-8H2,2-5H3;1H;/q-1;;+2/p-1. The SMILES string of the molecule is [CH2-]CC[SiH](CC)OC(C)(C)C.[Cl-].[Mg+2]. The smallest absolute Gasteiger partial charge is 1.00 e. The van der Waals surface area contributed by atoms with E-state index < -0.39 is 9.04 Å². The zero-order valence-corrected chi connectivity index (χ0v) is 12.7. The van der Waals surface area contributed by atoms with Crippen LogP contribution in [0.2, 0.25) is 12.1 Å². The van der Waals surface area contributed by atoms with Gasteiger partial charge in [-0.25, -0.2) is 0 Å². The molecule has 0 rings (SSSR count). The summed E-state index contributed by atoms with van der Waals surface area (Å²) in [5.41, 5.74) is 0.0576. The van der Waals surface area contributed by atoms with Gasteiger partial charge in [-0.05, 0) is 26.8 Å². The summed E-state index contributed by atoms with van der Waals surface area (Å²) in [7, 11) is -0.900. The van der Waals surface area contributed by atoms with E-state index in [-0.39, 0.29) is 41.1 Å². The minimum absolute atomic E-state index is 0. The van der Waals surface area contributed by atoms with Gasteiger partial charge in [0.15, 0.2) is 9.04 Å². The van der Waals surface area contributed by atoms with Crippen molar-refractivity contribution >= 4 is 32.1 Å². The first-order valence-corrected chi connectivity index (χ1v) is 6.57. The van der Waals surface area contributed by atoms with Gasteiger partial charge in [-0.3, -0.25) is 0 Å². The molecule has 1 nitrogen and oxygen atoms in total. The molecule has 0 amide bonds. The average Bonchev–Trinajstić information content (AvgIpc) is 1.84. The summed E-state index contributed by atoms with van der Waals surface area (Å²) in [6.07, 6.45) is 1.03. The molecule has 0 aromatic rings. The van der Waals surface area contributed by atoms with Gasteiger partial charge < -0.3 is 23.8 Å². The minimum Gasteiger partial charge on any atom is -1.00 e. The molecular formula is C9H21ClMgOSi. The number of rotatable bonds is 4. The predicted molar refractivity (Wildman–Crippen MR) is 59.0 cm³/mol. The largest absolute Gasteiger partial charge is 2.00 e. The molecule has 0 radical (unpaired) electrons. The summed E-state index contributed by atoms with van der Waals surface area (Å²) in [5.74, 6) is 0. The summed E-state index contributed by atoms with van der Waals surface area (Å²) in [6, 6.07) is 2.45. The second-order valence-electron chi connectivity index (χ2n) is 3.90. The van der Waals surface area contributed by atoms with E-state index in [1.165, 1.54) is 12.1 Å². The summed E-state index contributed by atoms with van der Waals surface area (Å²) >= 11 is 0. The molecule has 13 heavy (non-hydrogen) atoms. The van der Waals surface area contributed by atoms with Crippen molar-refractivity contribution in [3.8, 4) is 0 Å². The maximum Gasteiger partial charge on any atom is 2.00 e. The van der Waals surface area contributed by atoms with Gasteiger partial charge in [-0.15, -0.1) is 0 Å². The summed E-state index contributed by atoms with van der Waals surface area (Å²) in [4.78, 5) is 0. The fourth-order valence-corrected chi connectivity index (χ4v) is 3.22. The molecule has 0 saturated carbocycles. The third kappa shape index (κ3) is 13.2. The van der Waals surface area contributed by atoms with Gasteiger partial charge in [0, 0.05) is 5.60 Å². The van der Waals surface area contributed by atoms with Crippen LogP contribution >= 0.6 is 0 Å². The Labute approximate surface area is 107 Å². The van der Waals surface area contributed by atoms with Crippen molar-refractivity contribution < 1.29 is 16.8 Å². The maximum absolute atomic E-state index is 5.93. The van der Waals surface area contributed by atoms with Crippen LogP contribution in [0.15, 0.2) is 0 Å². The second-order valence-corrected chi connectivity index (χ2v) is 6.78. The van der Waals surface area contributed by atoms with Crippen molar-refractivity contribution in [3.63, 3.8) is 0 Å². The second kappa shape index (κ2) is 9.78. The molecular weight excluding hydrogens is 212 g/mol. The van der Waals surface area contributed by atoms with E-state index in [0.29, 0.717) is 0 Å². The maximum atomic E-state index is 5.93. The fourth-order valence-electron chi connectivity index (χ4n) is 1.07. The third-order valence-corrected chi connectivity index (χ3v) is 4.50. The van der Waals surface area contributed by atoms with Gasteiger partial charge >= 0.3 is 23.1 Å².